The number of carbonyl (C=O) groups excluding carboxylic acids is 7. The van der Waals surface area contributed by atoms with E-state index >= 15 is 0 Å². The normalized spacial score (nSPS) is 21.2. The first kappa shape index (κ1) is 63.4. The van der Waals surface area contributed by atoms with E-state index in [2.05, 4.69) is 36.8 Å². The summed E-state index contributed by atoms with van der Waals surface area (Å²) in [7, 11) is 0. The summed E-state index contributed by atoms with van der Waals surface area (Å²) in [6.07, 6.45) is 5.89. The van der Waals surface area contributed by atoms with Gasteiger partial charge in [-0.05, 0) is 125 Å². The van der Waals surface area contributed by atoms with Crippen molar-refractivity contribution in [2.24, 2.45) is 17.8 Å². The number of benzene rings is 2. The van der Waals surface area contributed by atoms with Crippen LogP contribution in [-0.4, -0.2) is 121 Å². The van der Waals surface area contributed by atoms with Crippen LogP contribution >= 0.6 is 0 Å². The lowest BCUT2D eigenvalue weighted by Crippen LogP contribution is -2.61. The summed E-state index contributed by atoms with van der Waals surface area (Å²) in [4.78, 5) is 111. The minimum Gasteiger partial charge on any atom is -0.480 e. The van der Waals surface area contributed by atoms with E-state index in [0.717, 1.165) is 44.8 Å². The average molecular weight is 1100 g/mol. The number of Topliss-reactive ketones (excluding diaryl/α,β-unsaturated/α-hetero) is 1. The Kier molecular flexibility index (Phi) is 23.5. The second kappa shape index (κ2) is 29.7. The van der Waals surface area contributed by atoms with Gasteiger partial charge in [0.25, 0.3) is 11.8 Å². The number of carboxylic acid groups (broad SMARTS) is 1. The van der Waals surface area contributed by atoms with Gasteiger partial charge in [0.15, 0.2) is 0 Å². The van der Waals surface area contributed by atoms with Crippen molar-refractivity contribution in [2.75, 3.05) is 13.1 Å². The molecule has 2 aromatic carbocycles. The molecule has 4 aliphatic rings. The lowest BCUT2D eigenvalue weighted by molar-refractivity contribution is -0.157. The Morgan fingerprint density at radius 2 is 1.46 bits per heavy atom. The number of aliphatic hydroxyl groups excluding tert-OH is 1. The summed E-state index contributed by atoms with van der Waals surface area (Å²) < 4.78 is 5.78. The first-order chi connectivity index (χ1) is 37.6. The van der Waals surface area contributed by atoms with Gasteiger partial charge in [0.2, 0.25) is 17.7 Å². The number of nitrogens with one attached hydrogen (secondary N) is 5. The van der Waals surface area contributed by atoms with Gasteiger partial charge in [0.1, 0.15) is 42.1 Å². The van der Waals surface area contributed by atoms with Crippen LogP contribution in [0.5, 0.6) is 0 Å². The molecule has 0 unspecified atom stereocenters. The zero-order valence-corrected chi connectivity index (χ0v) is 46.5. The molecule has 2 saturated heterocycles. The fourth-order valence-electron chi connectivity index (χ4n) is 9.48. The van der Waals surface area contributed by atoms with Gasteiger partial charge in [-0.15, -0.1) is 0 Å². The predicted molar refractivity (Wildman–Crippen MR) is 301 cm³/mol. The summed E-state index contributed by atoms with van der Waals surface area (Å²) in [6.45, 7) is 14.8. The second-order valence-electron chi connectivity index (χ2n) is 21.4. The number of pyridine rings is 2. The average Bonchev–Trinajstić information content (AvgIpc) is 3.47. The minimum atomic E-state index is -1.03. The van der Waals surface area contributed by atoms with Crippen molar-refractivity contribution in [3.63, 3.8) is 0 Å². The van der Waals surface area contributed by atoms with E-state index in [1.165, 1.54) is 10.0 Å². The molecule has 4 aliphatic heterocycles. The Balaban J connectivity index is 0.000000290. The Bertz CT molecular complexity index is 2790. The number of amides is 5. The molecule has 432 valence electrons. The van der Waals surface area contributed by atoms with Gasteiger partial charge in [-0.2, -0.15) is 0 Å². The second-order valence-corrected chi connectivity index (χ2v) is 21.4. The van der Waals surface area contributed by atoms with Gasteiger partial charge < -0.3 is 30.9 Å². The highest BCUT2D eigenvalue weighted by Gasteiger charge is 2.35. The van der Waals surface area contributed by atoms with Crippen molar-refractivity contribution in [1.29, 1.82) is 0 Å². The predicted octanol–water partition coefficient (Wildman–Crippen LogP) is 6.13. The van der Waals surface area contributed by atoms with Gasteiger partial charge in [-0.3, -0.25) is 58.3 Å². The molecular weight excluding hydrogens is 1020 g/mol. The SMILES string of the molecule is C.CC(C)[C@@H]1NC(=O)CCc2ccc(cn2)-c2cccc(c2)[C@@H](C)OC(=O)[C@@H]2CCCN(N2)C(=O)[C@H](C)NC1=O.CC(C)[C@H](CC(=O)CCc1ccc(-c2cccc([C@@H](C)O)c2)cn1)C(=O)N[C@@H](C)C(=O)N1CCC[C@@H](C(=O)O)N1. The summed E-state index contributed by atoms with van der Waals surface area (Å²) in [5.41, 5.74) is 12.6. The molecule has 2 fully saturated rings. The molecule has 5 amide bonds. The minimum absolute atomic E-state index is 0. The number of aromatic nitrogens is 2. The molecule has 0 saturated carbocycles. The van der Waals surface area contributed by atoms with E-state index < -0.39 is 72.1 Å². The molecule has 0 spiro atoms. The lowest BCUT2D eigenvalue weighted by atomic mass is 9.88. The highest BCUT2D eigenvalue weighted by Crippen LogP contribution is 2.27. The molecular formula is C60H81N9O11. The Hall–Kier alpha value is -7.42. The standard InChI is InChI=1S/C30H40N4O6.C29H37N5O5.CH4/c1-18(2)26(28(37)32-19(3)29(38)34-14-6-9-27(33-34)30(39)40)16-25(36)13-12-24-11-10-23(17-31-24)22-8-5-7-21(15-22)20(4)35;1-17(2)26-27(36)31-18(3)28(37)34-14-6-9-24(33-34)29(38)39-19(4)20-7-5-8-21(15-20)22-10-11-23(30-16-22)12-13-25(35)32-26;/h5,7-8,10-11,15,17-20,26-27,33,35H,6,9,12-14,16H2,1-4H3,(H,32,37)(H,39,40);5,7-8,10-11,15-19,24,26,33H,6,9,12-14H2,1-4H3,(H,31,36)(H,32,35);1H4/t19-,20+,26-,27-;18-,19+,24-,26-;/m00./s1. The summed E-state index contributed by atoms with van der Waals surface area (Å²) in [6, 6.07) is 19.0. The molecule has 7 N–H and O–H groups in total. The van der Waals surface area contributed by atoms with E-state index in [9.17, 15) is 48.6 Å². The number of aliphatic hydroxyl groups is 1. The van der Waals surface area contributed by atoms with Gasteiger partial charge in [-0.1, -0.05) is 83.7 Å². The smallest absolute Gasteiger partial charge is 0.325 e. The first-order valence-electron chi connectivity index (χ1n) is 27.4. The number of carboxylic acids is 1. The number of hydrazine groups is 2. The number of hydrogen-bond donors (Lipinski definition) is 7. The first-order valence-corrected chi connectivity index (χ1v) is 27.4. The number of ether oxygens (including phenoxy) is 1. The van der Waals surface area contributed by atoms with Gasteiger partial charge in [0, 0.05) is 73.2 Å². The van der Waals surface area contributed by atoms with Crippen LogP contribution in [0.4, 0.5) is 0 Å². The van der Waals surface area contributed by atoms with E-state index in [1.54, 1.807) is 33.2 Å². The maximum absolute atomic E-state index is 13.1. The van der Waals surface area contributed by atoms with Crippen LogP contribution in [-0.2, 0) is 55.9 Å². The Morgan fingerprint density at radius 3 is 2.10 bits per heavy atom. The number of rotatable bonds is 13. The van der Waals surface area contributed by atoms with Crippen molar-refractivity contribution in [3.05, 3.63) is 108 Å². The monoisotopic (exact) mass is 1100 g/mol. The molecule has 4 aromatic rings. The van der Waals surface area contributed by atoms with Crippen LogP contribution in [0.1, 0.15) is 142 Å². The van der Waals surface area contributed by atoms with Crippen molar-refractivity contribution in [1.82, 2.24) is 46.8 Å². The lowest BCUT2D eigenvalue weighted by Gasteiger charge is -2.35. The topological polar surface area (TPSA) is 279 Å². The van der Waals surface area contributed by atoms with Gasteiger partial charge >= 0.3 is 11.9 Å². The van der Waals surface area contributed by atoms with Crippen molar-refractivity contribution in [2.45, 2.75) is 163 Å². The van der Waals surface area contributed by atoms with Gasteiger partial charge in [-0.25, -0.2) is 10.9 Å². The third kappa shape index (κ3) is 17.8. The third-order valence-corrected chi connectivity index (χ3v) is 14.4. The molecule has 6 heterocycles. The number of hydrogen-bond acceptors (Lipinski definition) is 14. The zero-order valence-electron chi connectivity index (χ0n) is 46.5. The van der Waals surface area contributed by atoms with Crippen molar-refractivity contribution < 1.29 is 53.3 Å². The summed E-state index contributed by atoms with van der Waals surface area (Å²) in [5.74, 6) is -4.31. The molecule has 8 rings (SSSR count). The van der Waals surface area contributed by atoms with Crippen LogP contribution in [0, 0.1) is 17.8 Å². The van der Waals surface area contributed by atoms with Crippen LogP contribution in [0.3, 0.4) is 0 Å². The van der Waals surface area contributed by atoms with E-state index in [-0.39, 0.29) is 62.0 Å². The summed E-state index contributed by atoms with van der Waals surface area (Å²) in [5, 5.41) is 29.9. The molecule has 20 nitrogen and oxygen atoms in total. The number of fused-ring (bicyclic) bond motifs is 12. The van der Waals surface area contributed by atoms with Crippen molar-refractivity contribution >= 4 is 47.3 Å². The van der Waals surface area contributed by atoms with Crippen molar-refractivity contribution in [3.8, 4) is 22.3 Å². The van der Waals surface area contributed by atoms with E-state index in [4.69, 9.17) is 4.74 Å². The summed E-state index contributed by atoms with van der Waals surface area (Å²) >= 11 is 0. The number of nitrogens with zero attached hydrogens (tertiary/aromatic N) is 4. The van der Waals surface area contributed by atoms with Crippen LogP contribution in [0.15, 0.2) is 85.2 Å². The molecule has 6 bridgehead atoms. The fraction of sp³-hybridized carbons (Fsp3) is 0.500. The maximum Gasteiger partial charge on any atom is 0.325 e. The number of aryl methyl sites for hydroxylation is 2. The van der Waals surface area contributed by atoms with Crippen LogP contribution in [0.2, 0.25) is 0 Å². The molecule has 20 heteroatoms. The van der Waals surface area contributed by atoms with Crippen LogP contribution in [0.25, 0.3) is 22.3 Å². The zero-order chi connectivity index (χ0) is 57.5. The van der Waals surface area contributed by atoms with Crippen LogP contribution < -0.4 is 26.8 Å². The van der Waals surface area contributed by atoms with E-state index in [0.29, 0.717) is 51.6 Å². The molecule has 80 heavy (non-hydrogen) atoms. The van der Waals surface area contributed by atoms with E-state index in [1.807, 2.05) is 107 Å². The molecule has 0 radical (unpaired) electrons. The Labute approximate surface area is 469 Å². The highest BCUT2D eigenvalue weighted by molar-refractivity contribution is 5.93. The molecule has 8 atom stereocenters. The maximum atomic E-state index is 13.1. The number of ketones is 1. The molecule has 0 aliphatic carbocycles. The largest absolute Gasteiger partial charge is 0.480 e. The molecule has 2 aromatic heterocycles. The third-order valence-electron chi connectivity index (χ3n) is 14.4. The Morgan fingerprint density at radius 1 is 0.787 bits per heavy atom. The quantitative estimate of drug-likeness (QED) is 0.0742. The number of esters is 1. The highest BCUT2D eigenvalue weighted by atomic mass is 16.5. The van der Waals surface area contributed by atoms with Gasteiger partial charge in [0.05, 0.1) is 6.10 Å². The fourth-order valence-corrected chi connectivity index (χ4v) is 9.48. The number of aliphatic carboxylic acids is 1. The number of carbonyl (C=O) groups is 8.